The van der Waals surface area contributed by atoms with Crippen LogP contribution in [0.5, 0.6) is 0 Å². The Morgan fingerprint density at radius 3 is 1.02 bits per heavy atom. The summed E-state index contributed by atoms with van der Waals surface area (Å²) in [6.07, 6.45) is 7.82. The molecule has 1 fully saturated rings. The maximum atomic E-state index is 6.44. The topological polar surface area (TPSA) is 55.2 Å². The summed E-state index contributed by atoms with van der Waals surface area (Å²) in [4.78, 5) is 0. The molecule has 12 heteroatoms. The van der Waals surface area contributed by atoms with Crippen LogP contribution in [0.1, 0.15) is 184 Å². The Morgan fingerprint density at radius 1 is 0.427 bits per heavy atom. The van der Waals surface area contributed by atoms with Gasteiger partial charge < -0.3 is 18.5 Å². The number of halogens is 1. The molecular formula is C84H100BBrIr2N6O2-2. The van der Waals surface area contributed by atoms with Gasteiger partial charge >= 0.3 is 7.12 Å². The molecule has 8 aromatic rings. The third-order valence-electron chi connectivity index (χ3n) is 18.4. The number of hydrogen-bond acceptors (Lipinski definition) is 4. The van der Waals surface area contributed by atoms with E-state index in [9.17, 15) is 0 Å². The Hall–Kier alpha value is -6.46. The molecule has 3 heterocycles. The molecule has 0 bridgehead atoms. The van der Waals surface area contributed by atoms with E-state index in [1.165, 1.54) is 72.3 Å². The van der Waals surface area contributed by atoms with Crippen molar-refractivity contribution in [2.75, 3.05) is 14.1 Å². The van der Waals surface area contributed by atoms with Crippen LogP contribution in [-0.2, 0) is 71.2 Å². The van der Waals surface area contributed by atoms with E-state index in [2.05, 4.69) is 317 Å². The zero-order valence-electron chi connectivity index (χ0n) is 60.5. The van der Waals surface area contributed by atoms with E-state index in [0.717, 1.165) is 77.0 Å². The molecule has 8 nitrogen and oxygen atoms in total. The third kappa shape index (κ3) is 18.1. The molecule has 2 radical (unpaired) electrons. The average Bonchev–Trinajstić information content (AvgIpc) is 1.45. The largest absolute Gasteiger partial charge is 0.494 e. The van der Waals surface area contributed by atoms with E-state index in [4.69, 9.17) is 14.4 Å². The van der Waals surface area contributed by atoms with Crippen molar-refractivity contribution in [3.8, 4) is 55.6 Å². The Labute approximate surface area is 612 Å². The van der Waals surface area contributed by atoms with E-state index in [1.54, 1.807) is 0 Å². The Morgan fingerprint density at radius 2 is 0.719 bits per heavy atom. The van der Waals surface area contributed by atoms with Gasteiger partial charge in [-0.2, -0.15) is 16.7 Å². The van der Waals surface area contributed by atoms with Gasteiger partial charge in [0.05, 0.1) is 21.4 Å². The molecule has 0 amide bonds. The second kappa shape index (κ2) is 30.8. The zero-order chi connectivity index (χ0) is 68.5. The fourth-order valence-corrected chi connectivity index (χ4v) is 12.2. The standard InChI is InChI=1S/C39H44N3.C32H41BO2.C13H15BrN3.2Ir/c1-10-12-36-40-42(9)37(41(36)8)30-14-11-13-29(23-30)33-25-31(27-15-19-34(20-16-27)38(2,3)4)24-32(26-33)28-17-21-35(22-18-28)39(5,6)7;1-29(2,3)26-15-11-22(12-16-26)24-19-25(23-13-17-27(18-14-23)30(4,5)6)21-28(20-24)33-34-31(7,8)32(9,10)35-33;1-4-6-12-15-17(3)13(16(12)2)10-7-5-8-11(14)9-10;;/h11,13,15-26H,8,10,12H2,1-7,9H3;11-21H,1-10H3;5,8-9H,2,4,6H2,1,3H3;;/q-1;;-1;;. The van der Waals surface area contributed by atoms with Crippen molar-refractivity contribution in [1.82, 2.24) is 0 Å². The number of nitrogens with zero attached hydrogens (tertiary/aromatic N) is 6. The quantitative estimate of drug-likeness (QED) is 0.0695. The predicted molar refractivity (Wildman–Crippen MR) is 395 cm³/mol. The first-order valence-electron chi connectivity index (χ1n) is 33.4. The molecule has 0 spiro atoms. The summed E-state index contributed by atoms with van der Waals surface area (Å²) in [5, 5.41) is 9.22. The summed E-state index contributed by atoms with van der Waals surface area (Å²) < 4.78 is 21.5. The molecule has 11 rings (SSSR count). The maximum Gasteiger partial charge on any atom is 0.494 e. The van der Waals surface area contributed by atoms with Crippen molar-refractivity contribution in [1.29, 1.82) is 0 Å². The molecule has 0 aliphatic carbocycles. The molecule has 8 aromatic carbocycles. The first kappa shape index (κ1) is 76.9. The molecular weight excluding hydrogens is 1600 g/mol. The van der Waals surface area contributed by atoms with Crippen LogP contribution >= 0.6 is 15.9 Å². The van der Waals surface area contributed by atoms with Gasteiger partial charge in [0, 0.05) is 40.2 Å². The second-order valence-corrected chi connectivity index (χ2v) is 31.5. The van der Waals surface area contributed by atoms with Gasteiger partial charge in [-0.1, -0.05) is 250 Å². The number of azo groups is 4. The molecule has 0 N–H and O–H groups in total. The molecule has 508 valence electrons. The van der Waals surface area contributed by atoms with Gasteiger partial charge in [0.25, 0.3) is 0 Å². The first-order valence-corrected chi connectivity index (χ1v) is 34.2. The SMILES string of the molecule is C=[N+]1[C-](CCC)N=[N+](C)[C-]1c1[c-]ccc(-c2cc(-c3ccc(C(C)(C)C)cc3)cc(-c3ccc(C(C)(C)C)cc3)c2)c1.C=[N+]1[C-](CCC)N=[N+](C)[C-]1c1[c-]ccc(Br)c1.CC(C)(C)c1ccc(-c2cc(B3OC(C)(C)C(C)(C)O3)cc(-c3ccc(C(C)(C)C)cc3)c2)cc1.[Ir].[Ir]. The van der Waals surface area contributed by atoms with Crippen LogP contribution in [-0.4, -0.2) is 64.4 Å². The van der Waals surface area contributed by atoms with Gasteiger partial charge in [-0.3, -0.25) is 12.1 Å². The van der Waals surface area contributed by atoms with Gasteiger partial charge in [0.2, 0.25) is 12.3 Å². The molecule has 96 heavy (non-hydrogen) atoms. The van der Waals surface area contributed by atoms with Crippen LogP contribution in [0.15, 0.2) is 185 Å². The molecule has 1 saturated heterocycles. The van der Waals surface area contributed by atoms with Crippen molar-refractivity contribution in [2.45, 2.75) is 183 Å². The minimum Gasteiger partial charge on any atom is -0.419 e. The monoisotopic (exact) mass is 1700 g/mol. The van der Waals surface area contributed by atoms with Crippen LogP contribution in [0, 0.1) is 36.8 Å². The summed E-state index contributed by atoms with van der Waals surface area (Å²) in [7, 11) is 3.52. The summed E-state index contributed by atoms with van der Waals surface area (Å²) in [5.41, 5.74) is 20.0. The Balaban J connectivity index is 0.000000217. The van der Waals surface area contributed by atoms with Gasteiger partial charge in [-0.25, -0.2) is 36.4 Å². The van der Waals surface area contributed by atoms with E-state index >= 15 is 0 Å². The van der Waals surface area contributed by atoms with E-state index in [-0.39, 0.29) is 73.1 Å². The minimum atomic E-state index is -0.401. The van der Waals surface area contributed by atoms with Gasteiger partial charge in [0.15, 0.2) is 12.3 Å². The molecule has 0 unspecified atom stereocenters. The Kier molecular flexibility index (Phi) is 24.6. The normalized spacial score (nSPS) is 15.3. The van der Waals surface area contributed by atoms with Crippen molar-refractivity contribution < 1.29 is 68.1 Å². The van der Waals surface area contributed by atoms with Gasteiger partial charge in [0.1, 0.15) is 14.1 Å². The fourth-order valence-electron chi connectivity index (χ4n) is 11.8. The summed E-state index contributed by atoms with van der Waals surface area (Å²) >= 11 is 3.47. The fraction of sp³-hybridized carbons (Fsp3) is 0.357. The van der Waals surface area contributed by atoms with Gasteiger partial charge in [-0.05, 0) is 159 Å². The van der Waals surface area contributed by atoms with Crippen LogP contribution in [0.4, 0.5) is 0 Å². The Bertz CT molecular complexity index is 3910. The molecule has 3 aliphatic heterocycles. The van der Waals surface area contributed by atoms with Crippen molar-refractivity contribution in [3.05, 3.63) is 245 Å². The van der Waals surface area contributed by atoms with Crippen molar-refractivity contribution >= 4 is 41.9 Å². The maximum absolute atomic E-state index is 6.44. The van der Waals surface area contributed by atoms with Crippen LogP contribution < -0.4 is 5.46 Å². The summed E-state index contributed by atoms with van der Waals surface area (Å²) in [6, 6.07) is 68.6. The number of hydrogen-bond donors (Lipinski definition) is 0. The van der Waals surface area contributed by atoms with Crippen LogP contribution in [0.3, 0.4) is 0 Å². The minimum absolute atomic E-state index is 0. The van der Waals surface area contributed by atoms with Crippen molar-refractivity contribution in [2.24, 2.45) is 10.2 Å². The number of benzene rings is 8. The molecule has 3 aliphatic rings. The third-order valence-corrected chi connectivity index (χ3v) is 18.8. The average molecular weight is 1700 g/mol. The smallest absolute Gasteiger partial charge is 0.419 e. The van der Waals surface area contributed by atoms with Crippen LogP contribution in [0.2, 0.25) is 0 Å². The van der Waals surface area contributed by atoms with E-state index in [1.807, 2.05) is 56.9 Å². The molecule has 0 saturated carbocycles. The van der Waals surface area contributed by atoms with E-state index < -0.39 is 7.12 Å². The van der Waals surface area contributed by atoms with E-state index in [0.29, 0.717) is 0 Å². The molecule has 0 atom stereocenters. The number of rotatable bonds is 12. The van der Waals surface area contributed by atoms with Crippen LogP contribution in [0.25, 0.3) is 55.6 Å². The van der Waals surface area contributed by atoms with Crippen molar-refractivity contribution in [3.63, 3.8) is 0 Å². The second-order valence-electron chi connectivity index (χ2n) is 30.5. The molecule has 0 aromatic heterocycles. The summed E-state index contributed by atoms with van der Waals surface area (Å²) in [5.74, 6) is 0. The first-order chi connectivity index (χ1) is 44.0. The predicted octanol–water partition coefficient (Wildman–Crippen LogP) is 21.1. The summed E-state index contributed by atoms with van der Waals surface area (Å²) in [6.45, 7) is 48.2. The zero-order valence-corrected chi connectivity index (χ0v) is 66.9. The van der Waals surface area contributed by atoms with Gasteiger partial charge in [-0.15, -0.1) is 17.9 Å².